The van der Waals surface area contributed by atoms with E-state index in [4.69, 9.17) is 4.74 Å². The van der Waals surface area contributed by atoms with E-state index >= 15 is 0 Å². The molecular formula is C24H40N2O3. The van der Waals surface area contributed by atoms with Gasteiger partial charge in [0.05, 0.1) is 6.61 Å². The highest BCUT2D eigenvalue weighted by molar-refractivity contribution is 6.37. The molecule has 1 aromatic carbocycles. The highest BCUT2D eigenvalue weighted by Gasteiger charge is 2.16. The van der Waals surface area contributed by atoms with E-state index < -0.39 is 11.9 Å². The van der Waals surface area contributed by atoms with Crippen LogP contribution < -0.4 is 10.2 Å². The smallest absolute Gasteiger partial charge is 0.397 e. The second-order valence-corrected chi connectivity index (χ2v) is 7.79. The Kier molecular flexibility index (Phi) is 12.8. The van der Waals surface area contributed by atoms with Gasteiger partial charge in [-0.2, -0.15) is 0 Å². The number of hydrogen-bond acceptors (Lipinski definition) is 4. The maximum atomic E-state index is 12.1. The van der Waals surface area contributed by atoms with Crippen LogP contribution in [0.15, 0.2) is 18.2 Å². The molecule has 164 valence electrons. The van der Waals surface area contributed by atoms with Gasteiger partial charge in [-0.15, -0.1) is 0 Å². The second kappa shape index (κ2) is 14.9. The molecule has 0 fully saturated rings. The number of amides is 1. The number of nitrogens with zero attached hydrogens (tertiary/aromatic N) is 1. The van der Waals surface area contributed by atoms with Crippen molar-refractivity contribution in [2.24, 2.45) is 0 Å². The van der Waals surface area contributed by atoms with Gasteiger partial charge in [0, 0.05) is 25.0 Å². The van der Waals surface area contributed by atoms with Crippen molar-refractivity contribution >= 4 is 23.3 Å². The number of aryl methyl sites for hydroxylation is 1. The van der Waals surface area contributed by atoms with Crippen LogP contribution in [0.5, 0.6) is 0 Å². The lowest BCUT2D eigenvalue weighted by Crippen LogP contribution is -2.26. The van der Waals surface area contributed by atoms with Gasteiger partial charge < -0.3 is 15.0 Å². The van der Waals surface area contributed by atoms with Crippen molar-refractivity contribution in [1.82, 2.24) is 0 Å². The van der Waals surface area contributed by atoms with Crippen LogP contribution in [0.25, 0.3) is 0 Å². The predicted molar refractivity (Wildman–Crippen MR) is 122 cm³/mol. The number of nitrogens with one attached hydrogen (secondary N) is 1. The van der Waals surface area contributed by atoms with Crippen LogP contribution in [0, 0.1) is 6.92 Å². The molecule has 0 saturated carbocycles. The number of esters is 1. The zero-order valence-electron chi connectivity index (χ0n) is 18.9. The lowest BCUT2D eigenvalue weighted by molar-refractivity contribution is -0.152. The molecule has 0 aliphatic carbocycles. The minimum Gasteiger partial charge on any atom is -0.459 e. The Labute approximate surface area is 177 Å². The third-order valence-corrected chi connectivity index (χ3v) is 5.29. The molecule has 0 radical (unpaired) electrons. The fourth-order valence-electron chi connectivity index (χ4n) is 3.20. The van der Waals surface area contributed by atoms with Crippen molar-refractivity contribution < 1.29 is 14.3 Å². The number of hydrogen-bond donors (Lipinski definition) is 1. The third-order valence-electron chi connectivity index (χ3n) is 5.29. The summed E-state index contributed by atoms with van der Waals surface area (Å²) in [5.74, 6) is -1.52. The van der Waals surface area contributed by atoms with Crippen LogP contribution in [0.4, 0.5) is 11.4 Å². The first kappa shape index (κ1) is 25.0. The number of carbonyl (C=O) groups excluding carboxylic acids is 2. The lowest BCUT2D eigenvalue weighted by Gasteiger charge is -2.18. The van der Waals surface area contributed by atoms with Crippen LogP contribution in [0.1, 0.15) is 83.6 Å². The third kappa shape index (κ3) is 10.3. The molecule has 1 amide bonds. The Morgan fingerprint density at radius 1 is 0.931 bits per heavy atom. The average Bonchev–Trinajstić information content (AvgIpc) is 2.72. The number of rotatable bonds is 14. The summed E-state index contributed by atoms with van der Waals surface area (Å²) in [6.45, 7) is 7.44. The Bertz CT molecular complexity index is 616. The summed E-state index contributed by atoms with van der Waals surface area (Å²) in [7, 11) is 2.01. The molecule has 5 heteroatoms. The molecule has 0 saturated heterocycles. The SMILES string of the molecule is CCCCCCCCCCCCOC(=O)C(=O)Nc1ccc(N(C)CC)cc1C. The normalized spacial score (nSPS) is 10.6. The second-order valence-electron chi connectivity index (χ2n) is 7.79. The minimum absolute atomic E-state index is 0.308. The van der Waals surface area contributed by atoms with Crippen molar-refractivity contribution in [2.45, 2.75) is 85.0 Å². The Morgan fingerprint density at radius 2 is 1.52 bits per heavy atom. The number of unbranched alkanes of at least 4 members (excludes halogenated alkanes) is 9. The summed E-state index contributed by atoms with van der Waals surface area (Å²) in [5, 5.41) is 2.65. The van der Waals surface area contributed by atoms with Gasteiger partial charge in [0.25, 0.3) is 0 Å². The first-order chi connectivity index (χ1) is 14.0. The Balaban J connectivity index is 2.18. The quantitative estimate of drug-likeness (QED) is 0.240. The standard InChI is InChI=1S/C24H40N2O3/c1-5-7-8-9-10-11-12-13-14-15-18-29-24(28)23(27)25-22-17-16-21(19-20(22)3)26(4)6-2/h16-17,19H,5-15,18H2,1-4H3,(H,25,27). The number of carbonyl (C=O) groups is 2. The largest absolute Gasteiger partial charge is 0.459 e. The fraction of sp³-hybridized carbons (Fsp3) is 0.667. The molecule has 0 aliphatic heterocycles. The first-order valence-electron chi connectivity index (χ1n) is 11.3. The molecule has 0 aromatic heterocycles. The van der Waals surface area contributed by atoms with E-state index in [9.17, 15) is 9.59 Å². The lowest BCUT2D eigenvalue weighted by atomic mass is 10.1. The van der Waals surface area contributed by atoms with Crippen molar-refractivity contribution in [3.63, 3.8) is 0 Å². The summed E-state index contributed by atoms with van der Waals surface area (Å²) in [6, 6.07) is 5.75. The number of anilines is 2. The van der Waals surface area contributed by atoms with Crippen molar-refractivity contribution in [2.75, 3.05) is 30.4 Å². The van der Waals surface area contributed by atoms with Crippen LogP contribution in [0.3, 0.4) is 0 Å². The van der Waals surface area contributed by atoms with Gasteiger partial charge in [-0.25, -0.2) is 4.79 Å². The molecule has 0 aliphatic rings. The van der Waals surface area contributed by atoms with Crippen LogP contribution >= 0.6 is 0 Å². The van der Waals surface area contributed by atoms with Crippen LogP contribution in [0.2, 0.25) is 0 Å². The van der Waals surface area contributed by atoms with Gasteiger partial charge in [0.1, 0.15) is 0 Å². The molecule has 0 bridgehead atoms. The van der Waals surface area contributed by atoms with Crippen molar-refractivity contribution in [1.29, 1.82) is 0 Å². The van der Waals surface area contributed by atoms with E-state index in [2.05, 4.69) is 24.1 Å². The zero-order valence-corrected chi connectivity index (χ0v) is 18.9. The average molecular weight is 405 g/mol. The van der Waals surface area contributed by atoms with E-state index in [0.29, 0.717) is 12.3 Å². The fourth-order valence-corrected chi connectivity index (χ4v) is 3.20. The van der Waals surface area contributed by atoms with Crippen LogP contribution in [-0.4, -0.2) is 32.1 Å². The Hall–Kier alpha value is -2.04. The van der Waals surface area contributed by atoms with Gasteiger partial charge in [0.15, 0.2) is 0 Å². The summed E-state index contributed by atoms with van der Waals surface area (Å²) in [5.41, 5.74) is 2.63. The topological polar surface area (TPSA) is 58.6 Å². The Morgan fingerprint density at radius 3 is 2.07 bits per heavy atom. The van der Waals surface area contributed by atoms with E-state index in [1.54, 1.807) is 0 Å². The molecule has 0 spiro atoms. The monoisotopic (exact) mass is 404 g/mol. The van der Waals surface area contributed by atoms with Crippen molar-refractivity contribution in [3.05, 3.63) is 23.8 Å². The highest BCUT2D eigenvalue weighted by Crippen LogP contribution is 2.22. The maximum absolute atomic E-state index is 12.1. The predicted octanol–water partition coefficient (Wildman–Crippen LogP) is 5.85. The van der Waals surface area contributed by atoms with E-state index in [0.717, 1.165) is 37.1 Å². The molecule has 5 nitrogen and oxygen atoms in total. The molecule has 1 rings (SSSR count). The summed E-state index contributed by atoms with van der Waals surface area (Å²) in [6.07, 6.45) is 12.2. The van der Waals surface area contributed by atoms with Gasteiger partial charge in [-0.05, 0) is 44.0 Å². The highest BCUT2D eigenvalue weighted by atomic mass is 16.5. The molecule has 1 N–H and O–H groups in total. The maximum Gasteiger partial charge on any atom is 0.397 e. The molecular weight excluding hydrogens is 364 g/mol. The van der Waals surface area contributed by atoms with E-state index in [-0.39, 0.29) is 0 Å². The number of benzene rings is 1. The summed E-state index contributed by atoms with van der Waals surface area (Å²) in [4.78, 5) is 26.1. The van der Waals surface area contributed by atoms with Crippen LogP contribution in [-0.2, 0) is 14.3 Å². The van der Waals surface area contributed by atoms with Gasteiger partial charge in [-0.1, -0.05) is 64.7 Å². The zero-order chi connectivity index (χ0) is 21.5. The summed E-state index contributed by atoms with van der Waals surface area (Å²) < 4.78 is 5.11. The first-order valence-corrected chi connectivity index (χ1v) is 11.3. The van der Waals surface area contributed by atoms with Gasteiger partial charge >= 0.3 is 11.9 Å². The van der Waals surface area contributed by atoms with Gasteiger partial charge in [0.2, 0.25) is 0 Å². The molecule has 0 heterocycles. The van der Waals surface area contributed by atoms with Gasteiger partial charge in [-0.3, -0.25) is 4.79 Å². The molecule has 1 aromatic rings. The molecule has 0 atom stereocenters. The molecule has 29 heavy (non-hydrogen) atoms. The van der Waals surface area contributed by atoms with E-state index in [1.807, 2.05) is 32.2 Å². The van der Waals surface area contributed by atoms with E-state index in [1.165, 1.54) is 44.9 Å². The molecule has 0 unspecified atom stereocenters. The minimum atomic E-state index is -0.810. The number of ether oxygens (including phenoxy) is 1. The summed E-state index contributed by atoms with van der Waals surface area (Å²) >= 11 is 0. The van der Waals surface area contributed by atoms with Crippen molar-refractivity contribution in [3.8, 4) is 0 Å².